The summed E-state index contributed by atoms with van der Waals surface area (Å²) < 4.78 is 0. The van der Waals surface area contributed by atoms with Gasteiger partial charge in [-0.25, -0.2) is 0 Å². The molecule has 0 aliphatic heterocycles. The number of hydrogen-bond acceptors (Lipinski definition) is 0. The third kappa shape index (κ3) is 9.53. The fourth-order valence-electron chi connectivity index (χ4n) is 0.326. The van der Waals surface area contributed by atoms with Crippen molar-refractivity contribution in [2.75, 3.05) is 0 Å². The van der Waals surface area contributed by atoms with Crippen LogP contribution in [0.3, 0.4) is 0 Å². The summed E-state index contributed by atoms with van der Waals surface area (Å²) in [5, 5.41) is 0. The van der Waals surface area contributed by atoms with E-state index in [-0.39, 0.29) is 25.9 Å². The Morgan fingerprint density at radius 3 is 2.38 bits per heavy atom. The van der Waals surface area contributed by atoms with Gasteiger partial charge in [-0.15, -0.1) is 0 Å². The third-order valence-electron chi connectivity index (χ3n) is 0.675. The van der Waals surface area contributed by atoms with Crippen LogP contribution in [0.5, 0.6) is 0 Å². The molecule has 0 N–H and O–H groups in total. The third-order valence-corrected chi connectivity index (χ3v) is 0.675. The van der Waals surface area contributed by atoms with Crippen molar-refractivity contribution in [1.29, 1.82) is 0 Å². The average molecular weight is 122 g/mol. The Kier molecular flexibility index (Phi) is 14.2. The molecule has 44 valence electrons. The van der Waals surface area contributed by atoms with Crippen LogP contribution in [0.2, 0.25) is 0 Å². The van der Waals surface area contributed by atoms with E-state index in [1.807, 2.05) is 19.1 Å². The Bertz CT molecular complexity index is 79.7. The predicted molar refractivity (Wildman–Crippen MR) is 42.2 cm³/mol. The minimum atomic E-state index is 0. The summed E-state index contributed by atoms with van der Waals surface area (Å²) >= 11 is 0. The van der Waals surface area contributed by atoms with Crippen LogP contribution >= 0.6 is 0 Å². The van der Waals surface area contributed by atoms with E-state index in [0.717, 1.165) is 6.42 Å². The zero-order valence-electron chi connectivity index (χ0n) is 7.72. The molecular formula is C7H14Mg. The van der Waals surface area contributed by atoms with Crippen molar-refractivity contribution in [1.82, 2.24) is 0 Å². The van der Waals surface area contributed by atoms with Gasteiger partial charge >= 0.3 is 23.1 Å². The maximum atomic E-state index is 2.12. The molecule has 0 unspecified atom stereocenters. The molecule has 0 radical (unpaired) electrons. The van der Waals surface area contributed by atoms with Gasteiger partial charge in [-0.2, -0.15) is 0 Å². The Morgan fingerprint density at radius 1 is 1.38 bits per heavy atom. The van der Waals surface area contributed by atoms with Gasteiger partial charge in [-0.1, -0.05) is 31.2 Å². The predicted octanol–water partition coefficient (Wildman–Crippen LogP) is 2.37. The topological polar surface area (TPSA) is 0 Å². The van der Waals surface area contributed by atoms with Crippen molar-refractivity contribution in [3.63, 3.8) is 0 Å². The number of rotatable bonds is 2. The van der Waals surface area contributed by atoms with Gasteiger partial charge in [-0.3, -0.25) is 0 Å². The number of allylic oxidation sites excluding steroid dienone is 4. The Hall–Kier alpha value is 0.246. The molecule has 0 saturated carbocycles. The first-order valence-electron chi connectivity index (χ1n) is 2.69. The first kappa shape index (κ1) is 11.1. The Balaban J connectivity index is -0.0000000600. The molecule has 0 atom stereocenters. The maximum Gasteiger partial charge on any atom is 2.00 e. The monoisotopic (exact) mass is 122 g/mol. The van der Waals surface area contributed by atoms with Crippen molar-refractivity contribution in [2.24, 2.45) is 0 Å². The normalized spacial score (nSPS) is 10.2. The van der Waals surface area contributed by atoms with Crippen LogP contribution in [-0.4, -0.2) is 23.1 Å². The van der Waals surface area contributed by atoms with Crippen LogP contribution in [0.25, 0.3) is 0 Å². The molecule has 0 spiro atoms. The van der Waals surface area contributed by atoms with Gasteiger partial charge in [0, 0.05) is 0 Å². The van der Waals surface area contributed by atoms with Gasteiger partial charge in [0.15, 0.2) is 0 Å². The minimum absolute atomic E-state index is 0. The van der Waals surface area contributed by atoms with Gasteiger partial charge < -0.3 is 2.85 Å². The van der Waals surface area contributed by atoms with Crippen LogP contribution in [-0.2, 0) is 0 Å². The van der Waals surface area contributed by atoms with Gasteiger partial charge in [-0.05, 0) is 13.3 Å². The molecule has 8 heavy (non-hydrogen) atoms. The molecule has 0 fully saturated rings. The van der Waals surface area contributed by atoms with Crippen LogP contribution in [0.1, 0.15) is 23.1 Å². The van der Waals surface area contributed by atoms with E-state index >= 15 is 0 Å². The van der Waals surface area contributed by atoms with E-state index in [2.05, 4.69) is 19.1 Å². The quantitative estimate of drug-likeness (QED) is 0.390. The average Bonchev–Trinajstić information content (AvgIpc) is 1.69. The van der Waals surface area contributed by atoms with Crippen LogP contribution in [0.15, 0.2) is 24.3 Å². The first-order chi connectivity index (χ1) is 3.41. The van der Waals surface area contributed by atoms with E-state index in [4.69, 9.17) is 0 Å². The van der Waals surface area contributed by atoms with Crippen molar-refractivity contribution < 1.29 is 2.85 Å². The summed E-state index contributed by atoms with van der Waals surface area (Å²) in [4.78, 5) is 0. The smallest absolute Gasteiger partial charge is 1.00 e. The molecule has 0 heterocycles. The van der Waals surface area contributed by atoms with Gasteiger partial charge in [0.25, 0.3) is 0 Å². The van der Waals surface area contributed by atoms with E-state index in [1.54, 1.807) is 0 Å². The SMILES string of the molecule is CC=CC=CCC.[H-].[H-].[Mg+2]. The van der Waals surface area contributed by atoms with Gasteiger partial charge in [0.2, 0.25) is 0 Å². The van der Waals surface area contributed by atoms with Crippen LogP contribution in [0, 0.1) is 0 Å². The van der Waals surface area contributed by atoms with E-state index in [9.17, 15) is 0 Å². The van der Waals surface area contributed by atoms with E-state index < -0.39 is 0 Å². The standard InChI is InChI=1S/C7H12.Mg.2H/c1-3-5-7-6-4-2;;;/h3,5-7H,4H2,1-2H3;;;/q;+2;2*-1. The summed E-state index contributed by atoms with van der Waals surface area (Å²) in [7, 11) is 0. The molecule has 0 rings (SSSR count). The van der Waals surface area contributed by atoms with Gasteiger partial charge in [0.05, 0.1) is 0 Å². The molecule has 0 aromatic heterocycles. The van der Waals surface area contributed by atoms with E-state index in [0.29, 0.717) is 0 Å². The second-order valence-electron chi connectivity index (χ2n) is 1.36. The van der Waals surface area contributed by atoms with Gasteiger partial charge in [0.1, 0.15) is 0 Å². The first-order valence-corrected chi connectivity index (χ1v) is 2.69. The Morgan fingerprint density at radius 2 is 2.00 bits per heavy atom. The molecule has 0 aromatic carbocycles. The van der Waals surface area contributed by atoms with Crippen molar-refractivity contribution in [3.05, 3.63) is 24.3 Å². The second kappa shape index (κ2) is 10.3. The summed E-state index contributed by atoms with van der Waals surface area (Å²) in [6, 6.07) is 0. The molecule has 0 saturated heterocycles. The molecular weight excluding hydrogens is 108 g/mol. The van der Waals surface area contributed by atoms with Crippen molar-refractivity contribution in [2.45, 2.75) is 20.3 Å². The fraction of sp³-hybridized carbons (Fsp3) is 0.429. The molecule has 0 aromatic rings. The summed E-state index contributed by atoms with van der Waals surface area (Å²) in [5.74, 6) is 0. The zero-order chi connectivity index (χ0) is 5.54. The molecule has 0 nitrogen and oxygen atoms in total. The van der Waals surface area contributed by atoms with Crippen LogP contribution in [0.4, 0.5) is 0 Å². The molecule has 1 heteroatoms. The van der Waals surface area contributed by atoms with Crippen molar-refractivity contribution >= 4 is 23.1 Å². The molecule has 0 aliphatic carbocycles. The molecule has 0 bridgehead atoms. The molecule has 0 amide bonds. The number of hydrogen-bond donors (Lipinski definition) is 0. The van der Waals surface area contributed by atoms with Crippen molar-refractivity contribution in [3.8, 4) is 0 Å². The maximum absolute atomic E-state index is 2.12. The second-order valence-corrected chi connectivity index (χ2v) is 1.36. The fourth-order valence-corrected chi connectivity index (χ4v) is 0.326. The largest absolute Gasteiger partial charge is 2.00 e. The van der Waals surface area contributed by atoms with Crippen LogP contribution < -0.4 is 0 Å². The van der Waals surface area contributed by atoms with E-state index in [1.165, 1.54) is 0 Å². The summed E-state index contributed by atoms with van der Waals surface area (Å²) in [5.41, 5.74) is 0. The zero-order valence-corrected chi connectivity index (χ0v) is 7.14. The summed E-state index contributed by atoms with van der Waals surface area (Å²) in [6.45, 7) is 4.14. The minimum Gasteiger partial charge on any atom is -1.00 e. The molecule has 0 aliphatic rings. The summed E-state index contributed by atoms with van der Waals surface area (Å²) in [6.07, 6.45) is 9.36. The Labute approximate surface area is 70.8 Å².